The van der Waals surface area contributed by atoms with E-state index >= 15 is 0 Å². The lowest BCUT2D eigenvalue weighted by Gasteiger charge is -2.31. The SMILES string of the molecule is CCCOc1ccc(C(O)=C2C(=O)C(=O)N(CCN3CCOCC3)C2c2ccc(N(C)C)cc2)c(C)c1. The van der Waals surface area contributed by atoms with Gasteiger partial charge in [-0.2, -0.15) is 0 Å². The number of carbonyl (C=O) groups excluding carboxylic acids is 2. The number of ether oxygens (including phenoxy) is 2. The van der Waals surface area contributed by atoms with Crippen molar-refractivity contribution >= 4 is 23.1 Å². The molecule has 1 atom stereocenters. The molecule has 1 N–H and O–H groups in total. The van der Waals surface area contributed by atoms with Crippen LogP contribution in [-0.2, 0) is 14.3 Å². The fourth-order valence-corrected chi connectivity index (χ4v) is 4.84. The first-order chi connectivity index (χ1) is 17.8. The number of aryl methyl sites for hydroxylation is 1. The number of rotatable bonds is 9. The third-order valence-corrected chi connectivity index (χ3v) is 6.95. The number of aliphatic hydroxyl groups is 1. The molecule has 0 spiro atoms. The van der Waals surface area contributed by atoms with Gasteiger partial charge in [0, 0.05) is 51.5 Å². The Hall–Kier alpha value is -3.36. The lowest BCUT2D eigenvalue weighted by molar-refractivity contribution is -0.140. The van der Waals surface area contributed by atoms with Crippen LogP contribution in [0.2, 0.25) is 0 Å². The number of likely N-dealkylation sites (tertiary alicyclic amines) is 1. The summed E-state index contributed by atoms with van der Waals surface area (Å²) in [5.41, 5.74) is 3.20. The molecule has 0 bridgehead atoms. The largest absolute Gasteiger partial charge is 0.507 e. The van der Waals surface area contributed by atoms with E-state index in [1.807, 2.05) is 63.2 Å². The summed E-state index contributed by atoms with van der Waals surface area (Å²) in [6.45, 7) is 8.41. The Morgan fingerprint density at radius 1 is 1.08 bits per heavy atom. The molecule has 1 unspecified atom stereocenters. The number of anilines is 1. The molecule has 4 rings (SSSR count). The van der Waals surface area contributed by atoms with Crippen molar-refractivity contribution in [1.29, 1.82) is 0 Å². The summed E-state index contributed by atoms with van der Waals surface area (Å²) in [5, 5.41) is 11.5. The minimum Gasteiger partial charge on any atom is -0.507 e. The maximum Gasteiger partial charge on any atom is 0.295 e. The molecular formula is C29H37N3O5. The normalized spacial score (nSPS) is 19.9. The summed E-state index contributed by atoms with van der Waals surface area (Å²) in [5.74, 6) is -0.699. The van der Waals surface area contributed by atoms with Gasteiger partial charge in [0.25, 0.3) is 11.7 Å². The van der Waals surface area contributed by atoms with Crippen molar-refractivity contribution in [3.05, 3.63) is 64.7 Å². The first-order valence-electron chi connectivity index (χ1n) is 12.9. The number of hydrogen-bond donors (Lipinski definition) is 1. The Morgan fingerprint density at radius 3 is 2.41 bits per heavy atom. The summed E-state index contributed by atoms with van der Waals surface area (Å²) < 4.78 is 11.2. The zero-order valence-corrected chi connectivity index (χ0v) is 22.2. The summed E-state index contributed by atoms with van der Waals surface area (Å²) in [7, 11) is 3.92. The van der Waals surface area contributed by atoms with Gasteiger partial charge in [0.2, 0.25) is 0 Å². The molecule has 0 radical (unpaired) electrons. The van der Waals surface area contributed by atoms with Gasteiger partial charge in [-0.05, 0) is 54.8 Å². The molecule has 2 fully saturated rings. The van der Waals surface area contributed by atoms with Crippen molar-refractivity contribution < 1.29 is 24.2 Å². The average molecular weight is 508 g/mol. The predicted molar refractivity (Wildman–Crippen MR) is 144 cm³/mol. The Kier molecular flexibility index (Phi) is 8.51. The quantitative estimate of drug-likeness (QED) is 0.315. The van der Waals surface area contributed by atoms with Crippen LogP contribution in [0.5, 0.6) is 5.75 Å². The van der Waals surface area contributed by atoms with Gasteiger partial charge in [-0.25, -0.2) is 0 Å². The maximum absolute atomic E-state index is 13.4. The first kappa shape index (κ1) is 26.7. The van der Waals surface area contributed by atoms with Crippen molar-refractivity contribution in [2.45, 2.75) is 26.3 Å². The summed E-state index contributed by atoms with van der Waals surface area (Å²) >= 11 is 0. The standard InChI is InChI=1S/C29H37N3O5/c1-5-16-37-23-10-11-24(20(2)19-23)27(33)25-26(21-6-8-22(9-7-21)30(3)4)32(29(35)28(25)34)13-12-31-14-17-36-18-15-31/h6-11,19,26,33H,5,12-18H2,1-4H3. The van der Waals surface area contributed by atoms with Gasteiger partial charge >= 0.3 is 0 Å². The van der Waals surface area contributed by atoms with Crippen molar-refractivity contribution in [2.24, 2.45) is 0 Å². The molecule has 2 heterocycles. The number of nitrogens with zero attached hydrogens (tertiary/aromatic N) is 3. The van der Waals surface area contributed by atoms with Gasteiger partial charge in [0.1, 0.15) is 11.5 Å². The first-order valence-corrected chi connectivity index (χ1v) is 12.9. The lowest BCUT2D eigenvalue weighted by Crippen LogP contribution is -2.42. The van der Waals surface area contributed by atoms with Crippen LogP contribution >= 0.6 is 0 Å². The molecule has 8 nitrogen and oxygen atoms in total. The number of carbonyl (C=O) groups is 2. The minimum atomic E-state index is -0.673. The molecule has 2 aromatic rings. The summed E-state index contributed by atoms with van der Waals surface area (Å²) in [6, 6.07) is 12.5. The lowest BCUT2D eigenvalue weighted by atomic mass is 9.93. The third-order valence-electron chi connectivity index (χ3n) is 6.95. The fourth-order valence-electron chi connectivity index (χ4n) is 4.84. The summed E-state index contributed by atoms with van der Waals surface area (Å²) in [6.07, 6.45) is 0.890. The molecule has 1 amide bonds. The van der Waals surface area contributed by atoms with Crippen molar-refractivity contribution in [2.75, 3.05) is 65.0 Å². The molecule has 0 aliphatic carbocycles. The van der Waals surface area contributed by atoms with E-state index in [1.165, 1.54) is 0 Å². The minimum absolute atomic E-state index is 0.120. The topological polar surface area (TPSA) is 82.5 Å². The number of Topliss-reactive ketones (excluding diaryl/α,β-unsaturated/α-hetero) is 1. The van der Waals surface area contributed by atoms with Crippen LogP contribution in [0.15, 0.2) is 48.0 Å². The van der Waals surface area contributed by atoms with Crippen LogP contribution in [0.25, 0.3) is 5.76 Å². The highest BCUT2D eigenvalue weighted by Crippen LogP contribution is 2.40. The van der Waals surface area contributed by atoms with E-state index in [0.717, 1.165) is 36.3 Å². The average Bonchev–Trinajstić information content (AvgIpc) is 3.16. The molecule has 198 valence electrons. The second kappa shape index (κ2) is 11.8. The number of benzene rings is 2. The third kappa shape index (κ3) is 5.81. The number of ketones is 1. The van der Waals surface area contributed by atoms with Gasteiger partial charge < -0.3 is 24.4 Å². The van der Waals surface area contributed by atoms with E-state index in [9.17, 15) is 14.7 Å². The molecule has 8 heteroatoms. The fraction of sp³-hybridized carbons (Fsp3) is 0.448. The van der Waals surface area contributed by atoms with Gasteiger partial charge in [-0.1, -0.05) is 19.1 Å². The Morgan fingerprint density at radius 2 is 1.78 bits per heavy atom. The molecule has 2 aliphatic rings. The Labute approximate surface area is 219 Å². The second-order valence-electron chi connectivity index (χ2n) is 9.76. The molecule has 2 saturated heterocycles. The molecule has 2 aliphatic heterocycles. The van der Waals surface area contributed by atoms with Gasteiger partial charge in [0.15, 0.2) is 0 Å². The van der Waals surface area contributed by atoms with Gasteiger partial charge in [-0.15, -0.1) is 0 Å². The number of morpholine rings is 1. The molecule has 0 aromatic heterocycles. The number of amides is 1. The molecule has 37 heavy (non-hydrogen) atoms. The predicted octanol–water partition coefficient (Wildman–Crippen LogP) is 3.60. The van der Waals surface area contributed by atoms with Crippen LogP contribution in [0.4, 0.5) is 5.69 Å². The highest BCUT2D eigenvalue weighted by molar-refractivity contribution is 6.46. The molecular weight excluding hydrogens is 470 g/mol. The van der Waals surface area contributed by atoms with Crippen molar-refractivity contribution in [3.8, 4) is 5.75 Å². The van der Waals surface area contributed by atoms with Crippen LogP contribution in [0, 0.1) is 6.92 Å². The smallest absolute Gasteiger partial charge is 0.295 e. The summed E-state index contributed by atoms with van der Waals surface area (Å²) in [4.78, 5) is 32.5. The maximum atomic E-state index is 13.4. The number of aliphatic hydroxyl groups excluding tert-OH is 1. The van der Waals surface area contributed by atoms with E-state index < -0.39 is 17.7 Å². The Bertz CT molecular complexity index is 1150. The second-order valence-corrected chi connectivity index (χ2v) is 9.76. The van der Waals surface area contributed by atoms with Crippen LogP contribution in [0.1, 0.15) is 36.1 Å². The van der Waals surface area contributed by atoms with Crippen LogP contribution in [0.3, 0.4) is 0 Å². The Balaban J connectivity index is 1.73. The highest BCUT2D eigenvalue weighted by atomic mass is 16.5. The van der Waals surface area contributed by atoms with Crippen molar-refractivity contribution in [3.63, 3.8) is 0 Å². The van der Waals surface area contributed by atoms with E-state index in [2.05, 4.69) is 4.90 Å². The monoisotopic (exact) mass is 507 g/mol. The molecule has 0 saturated carbocycles. The van der Waals surface area contributed by atoms with E-state index in [1.54, 1.807) is 17.0 Å². The van der Waals surface area contributed by atoms with Crippen LogP contribution in [-0.4, -0.2) is 86.7 Å². The van der Waals surface area contributed by atoms with Crippen LogP contribution < -0.4 is 9.64 Å². The van der Waals surface area contributed by atoms with Crippen molar-refractivity contribution in [1.82, 2.24) is 9.80 Å². The zero-order valence-electron chi connectivity index (χ0n) is 22.2. The van der Waals surface area contributed by atoms with E-state index in [4.69, 9.17) is 9.47 Å². The number of hydrogen-bond acceptors (Lipinski definition) is 7. The van der Waals surface area contributed by atoms with Gasteiger partial charge in [0.05, 0.1) is 31.4 Å². The highest BCUT2D eigenvalue weighted by Gasteiger charge is 2.46. The van der Waals surface area contributed by atoms with Gasteiger partial charge in [-0.3, -0.25) is 14.5 Å². The van der Waals surface area contributed by atoms with E-state index in [-0.39, 0.29) is 11.3 Å². The van der Waals surface area contributed by atoms with E-state index in [0.29, 0.717) is 44.2 Å². The molecule has 2 aromatic carbocycles. The zero-order chi connectivity index (χ0) is 26.5.